The topological polar surface area (TPSA) is 51.2 Å². The third-order valence-electron chi connectivity index (χ3n) is 5.96. The summed E-state index contributed by atoms with van der Waals surface area (Å²) in [6, 6.07) is 12.0. The number of nitrogens with zero attached hydrogens (tertiary/aromatic N) is 2. The van der Waals surface area contributed by atoms with Gasteiger partial charge in [-0.15, -0.1) is 0 Å². The van der Waals surface area contributed by atoms with Gasteiger partial charge in [-0.05, 0) is 36.6 Å². The largest absolute Gasteiger partial charge is 0.493 e. The summed E-state index contributed by atoms with van der Waals surface area (Å²) in [7, 11) is 4.77. The third-order valence-corrected chi connectivity index (χ3v) is 6.31. The summed E-state index contributed by atoms with van der Waals surface area (Å²) in [5.41, 5.74) is 2.06. The Morgan fingerprint density at radius 1 is 0.968 bits per heavy atom. The van der Waals surface area contributed by atoms with Crippen LogP contribution in [-0.2, 0) is 11.2 Å². The number of hydrogen-bond donors (Lipinski definition) is 0. The van der Waals surface area contributed by atoms with Gasteiger partial charge >= 0.3 is 0 Å². The van der Waals surface area contributed by atoms with E-state index in [1.54, 1.807) is 21.3 Å². The lowest BCUT2D eigenvalue weighted by Crippen LogP contribution is -2.49. The molecule has 31 heavy (non-hydrogen) atoms. The van der Waals surface area contributed by atoms with E-state index in [9.17, 15) is 4.79 Å². The highest BCUT2D eigenvalue weighted by molar-refractivity contribution is 6.31. The van der Waals surface area contributed by atoms with Gasteiger partial charge in [0.05, 0.1) is 21.3 Å². The Morgan fingerprint density at radius 2 is 1.65 bits per heavy atom. The van der Waals surface area contributed by atoms with Crippen molar-refractivity contribution in [2.45, 2.75) is 25.8 Å². The van der Waals surface area contributed by atoms with Crippen molar-refractivity contribution in [1.82, 2.24) is 9.80 Å². The van der Waals surface area contributed by atoms with E-state index < -0.39 is 0 Å². The monoisotopic (exact) mass is 446 g/mol. The zero-order valence-corrected chi connectivity index (χ0v) is 19.4. The second-order valence-electron chi connectivity index (χ2n) is 7.61. The molecule has 3 rings (SSSR count). The molecule has 0 aliphatic carbocycles. The SMILES string of the molecule is COc1ccc(CCC(=O)N2CCN(C(C)c3ccccc3Cl)CC2)c(OC)c1OC. The molecule has 0 spiro atoms. The molecule has 1 aliphatic rings. The number of carbonyl (C=O) groups excluding carboxylic acids is 1. The summed E-state index contributed by atoms with van der Waals surface area (Å²) < 4.78 is 16.3. The number of piperazine rings is 1. The molecule has 0 aromatic heterocycles. The summed E-state index contributed by atoms with van der Waals surface area (Å²) >= 11 is 6.36. The van der Waals surface area contributed by atoms with Crippen molar-refractivity contribution in [2.75, 3.05) is 47.5 Å². The molecule has 1 aliphatic heterocycles. The lowest BCUT2D eigenvalue weighted by molar-refractivity contribution is -0.133. The first-order valence-corrected chi connectivity index (χ1v) is 10.9. The summed E-state index contributed by atoms with van der Waals surface area (Å²) in [4.78, 5) is 17.2. The van der Waals surface area contributed by atoms with E-state index in [0.717, 1.165) is 42.3 Å². The maximum atomic E-state index is 12.8. The van der Waals surface area contributed by atoms with E-state index in [1.807, 2.05) is 35.2 Å². The summed E-state index contributed by atoms with van der Waals surface area (Å²) in [6.45, 7) is 5.27. The fourth-order valence-corrected chi connectivity index (χ4v) is 4.42. The van der Waals surface area contributed by atoms with Gasteiger partial charge in [0.15, 0.2) is 11.5 Å². The predicted octanol–water partition coefficient (Wildman–Crippen LogP) is 4.20. The second-order valence-corrected chi connectivity index (χ2v) is 8.01. The van der Waals surface area contributed by atoms with Gasteiger partial charge in [0.1, 0.15) is 0 Å². The Bertz CT molecular complexity index is 897. The van der Waals surface area contributed by atoms with Gasteiger partial charge in [0.2, 0.25) is 11.7 Å². The molecule has 0 N–H and O–H groups in total. The summed E-state index contributed by atoms with van der Waals surface area (Å²) in [6.07, 6.45) is 1.00. The molecule has 2 aromatic rings. The highest BCUT2D eigenvalue weighted by Gasteiger charge is 2.26. The van der Waals surface area contributed by atoms with Gasteiger partial charge < -0.3 is 19.1 Å². The normalized spacial score (nSPS) is 15.5. The maximum absolute atomic E-state index is 12.8. The second kappa shape index (κ2) is 10.7. The van der Waals surface area contributed by atoms with Crippen molar-refractivity contribution in [1.29, 1.82) is 0 Å². The first kappa shape index (κ1) is 23.2. The Hall–Kier alpha value is -2.44. The van der Waals surface area contributed by atoms with Crippen molar-refractivity contribution in [2.24, 2.45) is 0 Å². The molecule has 1 unspecified atom stereocenters. The quantitative estimate of drug-likeness (QED) is 0.608. The highest BCUT2D eigenvalue weighted by atomic mass is 35.5. The number of benzene rings is 2. The molecule has 0 radical (unpaired) electrons. The number of amides is 1. The molecule has 168 valence electrons. The molecule has 1 amide bonds. The van der Waals surface area contributed by atoms with Crippen LogP contribution in [0.4, 0.5) is 0 Å². The Morgan fingerprint density at radius 3 is 2.26 bits per heavy atom. The number of aryl methyl sites for hydroxylation is 1. The maximum Gasteiger partial charge on any atom is 0.222 e. The molecule has 1 saturated heterocycles. The average molecular weight is 447 g/mol. The Balaban J connectivity index is 1.57. The number of methoxy groups -OCH3 is 3. The summed E-state index contributed by atoms with van der Waals surface area (Å²) in [5.74, 6) is 1.94. The third kappa shape index (κ3) is 5.25. The lowest BCUT2D eigenvalue weighted by atomic mass is 10.0. The number of carbonyl (C=O) groups is 1. The van der Waals surface area contributed by atoms with Gasteiger partial charge in [-0.2, -0.15) is 0 Å². The first-order chi connectivity index (χ1) is 15.0. The molecule has 6 nitrogen and oxygen atoms in total. The van der Waals surface area contributed by atoms with Crippen molar-refractivity contribution in [3.05, 3.63) is 52.5 Å². The van der Waals surface area contributed by atoms with Crippen LogP contribution in [0.2, 0.25) is 5.02 Å². The van der Waals surface area contributed by atoms with Crippen molar-refractivity contribution in [3.63, 3.8) is 0 Å². The minimum absolute atomic E-state index is 0.155. The number of hydrogen-bond acceptors (Lipinski definition) is 5. The van der Waals surface area contributed by atoms with Gasteiger partial charge in [-0.25, -0.2) is 0 Å². The lowest BCUT2D eigenvalue weighted by Gasteiger charge is -2.38. The van der Waals surface area contributed by atoms with E-state index in [2.05, 4.69) is 17.9 Å². The molecular weight excluding hydrogens is 416 g/mol. The minimum Gasteiger partial charge on any atom is -0.493 e. The van der Waals surface area contributed by atoms with Crippen LogP contribution in [0, 0.1) is 0 Å². The molecule has 0 saturated carbocycles. The van der Waals surface area contributed by atoms with Crippen LogP contribution >= 0.6 is 11.6 Å². The standard InChI is InChI=1S/C24H31ClN2O4/c1-17(19-7-5-6-8-20(19)25)26-13-15-27(16-14-26)22(28)12-10-18-9-11-21(29-2)24(31-4)23(18)30-3/h5-9,11,17H,10,12-16H2,1-4H3. The van der Waals surface area contributed by atoms with E-state index in [-0.39, 0.29) is 11.9 Å². The van der Waals surface area contributed by atoms with Crippen LogP contribution in [-0.4, -0.2) is 63.2 Å². The zero-order valence-electron chi connectivity index (χ0n) is 18.7. The van der Waals surface area contributed by atoms with Gasteiger partial charge in [0.25, 0.3) is 0 Å². The summed E-state index contributed by atoms with van der Waals surface area (Å²) in [5, 5.41) is 0.789. The van der Waals surface area contributed by atoms with Crippen molar-refractivity contribution < 1.29 is 19.0 Å². The molecule has 1 heterocycles. The average Bonchev–Trinajstić information content (AvgIpc) is 2.81. The van der Waals surface area contributed by atoms with Gasteiger partial charge in [-0.3, -0.25) is 9.69 Å². The van der Waals surface area contributed by atoms with Crippen molar-refractivity contribution >= 4 is 17.5 Å². The zero-order chi connectivity index (χ0) is 22.4. The van der Waals surface area contributed by atoms with E-state index in [1.165, 1.54) is 0 Å². The number of rotatable bonds is 8. The van der Waals surface area contributed by atoms with E-state index in [4.69, 9.17) is 25.8 Å². The van der Waals surface area contributed by atoms with E-state index in [0.29, 0.717) is 30.1 Å². The van der Waals surface area contributed by atoms with E-state index >= 15 is 0 Å². The van der Waals surface area contributed by atoms with Crippen LogP contribution in [0.25, 0.3) is 0 Å². The van der Waals surface area contributed by atoms with Crippen LogP contribution in [0.3, 0.4) is 0 Å². The Kier molecular flexibility index (Phi) is 8.04. The van der Waals surface area contributed by atoms with Gasteiger partial charge in [-0.1, -0.05) is 35.9 Å². The molecular formula is C24H31ClN2O4. The molecule has 1 fully saturated rings. The van der Waals surface area contributed by atoms with Gasteiger partial charge in [0, 0.05) is 43.7 Å². The van der Waals surface area contributed by atoms with Crippen LogP contribution in [0.1, 0.15) is 30.5 Å². The fourth-order valence-electron chi connectivity index (χ4n) is 4.13. The molecule has 0 bridgehead atoms. The molecule has 2 aromatic carbocycles. The van der Waals surface area contributed by atoms with Crippen LogP contribution < -0.4 is 14.2 Å². The minimum atomic E-state index is 0.155. The first-order valence-electron chi connectivity index (χ1n) is 10.5. The van der Waals surface area contributed by atoms with Crippen molar-refractivity contribution in [3.8, 4) is 17.2 Å². The molecule has 1 atom stereocenters. The fraction of sp³-hybridized carbons (Fsp3) is 0.458. The number of ether oxygens (including phenoxy) is 3. The Labute approximate surface area is 189 Å². The molecule has 7 heteroatoms. The predicted molar refractivity (Wildman–Crippen MR) is 122 cm³/mol. The number of halogens is 1. The highest BCUT2D eigenvalue weighted by Crippen LogP contribution is 2.40. The van der Waals surface area contributed by atoms with Crippen LogP contribution in [0.15, 0.2) is 36.4 Å². The van der Waals surface area contributed by atoms with Crippen LogP contribution in [0.5, 0.6) is 17.2 Å². The smallest absolute Gasteiger partial charge is 0.222 e.